The fourth-order valence-electron chi connectivity index (χ4n) is 1.70. The number of nitrogens with two attached hydrogens (primary N) is 1. The molecule has 0 aromatic heterocycles. The molecule has 1 aromatic carbocycles. The highest BCUT2D eigenvalue weighted by Crippen LogP contribution is 2.28. The third-order valence-corrected chi connectivity index (χ3v) is 3.06. The molecule has 2 N–H and O–H groups in total. The number of nitro benzene ring substituents is 1. The number of nitro groups is 1. The normalized spacial score (nSPS) is 12.5. The third kappa shape index (κ3) is 3.70. The van der Waals surface area contributed by atoms with Gasteiger partial charge in [0.2, 0.25) is 0 Å². The maximum absolute atomic E-state index is 10.9. The summed E-state index contributed by atoms with van der Waals surface area (Å²) < 4.78 is 4.96. The number of hydrogen-bond donors (Lipinski definition) is 1. The standard InChI is InChI=1S/C13H20N2O3/c1-9(2)11(14)6-4-10-5-7-13(18-3)12(8-10)15(16)17/h5,7-9,11H,4,6,14H2,1-3H3. The van der Waals surface area contributed by atoms with E-state index in [4.69, 9.17) is 10.5 Å². The zero-order valence-corrected chi connectivity index (χ0v) is 11.1. The van der Waals surface area contributed by atoms with Crippen molar-refractivity contribution >= 4 is 5.69 Å². The average molecular weight is 252 g/mol. The molecule has 0 saturated carbocycles. The Hall–Kier alpha value is -1.62. The van der Waals surface area contributed by atoms with Crippen molar-refractivity contribution in [3.63, 3.8) is 0 Å². The average Bonchev–Trinajstić information content (AvgIpc) is 2.35. The first-order valence-electron chi connectivity index (χ1n) is 6.02. The van der Waals surface area contributed by atoms with Crippen molar-refractivity contribution in [2.45, 2.75) is 32.7 Å². The number of nitrogens with zero attached hydrogens (tertiary/aromatic N) is 1. The Labute approximate surface area is 107 Å². The molecule has 5 nitrogen and oxygen atoms in total. The highest BCUT2D eigenvalue weighted by Gasteiger charge is 2.15. The minimum absolute atomic E-state index is 0.00752. The van der Waals surface area contributed by atoms with Crippen LogP contribution in [-0.4, -0.2) is 18.1 Å². The lowest BCUT2D eigenvalue weighted by Crippen LogP contribution is -2.26. The van der Waals surface area contributed by atoms with Crippen LogP contribution in [0.3, 0.4) is 0 Å². The number of hydrogen-bond acceptors (Lipinski definition) is 4. The molecule has 0 amide bonds. The maximum Gasteiger partial charge on any atom is 0.311 e. The second kappa shape index (κ2) is 6.35. The first-order chi connectivity index (χ1) is 8.45. The lowest BCUT2D eigenvalue weighted by molar-refractivity contribution is -0.385. The number of benzene rings is 1. The second-order valence-electron chi connectivity index (χ2n) is 4.71. The monoisotopic (exact) mass is 252 g/mol. The Kier molecular flexibility index (Phi) is 5.09. The summed E-state index contributed by atoms with van der Waals surface area (Å²) in [5.41, 5.74) is 6.88. The molecule has 1 unspecified atom stereocenters. The van der Waals surface area contributed by atoms with E-state index in [1.165, 1.54) is 7.11 Å². The lowest BCUT2D eigenvalue weighted by atomic mass is 9.97. The molecule has 0 radical (unpaired) electrons. The molecule has 0 aliphatic heterocycles. The fourth-order valence-corrected chi connectivity index (χ4v) is 1.70. The van der Waals surface area contributed by atoms with E-state index >= 15 is 0 Å². The summed E-state index contributed by atoms with van der Waals surface area (Å²) in [5.74, 6) is 0.704. The van der Waals surface area contributed by atoms with Crippen LogP contribution in [0.25, 0.3) is 0 Å². The predicted octanol–water partition coefficient (Wildman–Crippen LogP) is 2.52. The van der Waals surface area contributed by atoms with Crippen LogP contribution >= 0.6 is 0 Å². The van der Waals surface area contributed by atoms with Gasteiger partial charge in [0.05, 0.1) is 12.0 Å². The molecule has 5 heteroatoms. The van der Waals surface area contributed by atoms with Crippen LogP contribution in [-0.2, 0) is 6.42 Å². The molecular weight excluding hydrogens is 232 g/mol. The van der Waals surface area contributed by atoms with Crippen molar-refractivity contribution in [2.24, 2.45) is 11.7 Å². The van der Waals surface area contributed by atoms with Gasteiger partial charge in [-0.1, -0.05) is 19.9 Å². The molecule has 0 saturated heterocycles. The van der Waals surface area contributed by atoms with E-state index in [1.54, 1.807) is 12.1 Å². The van der Waals surface area contributed by atoms with Crippen LogP contribution in [0.15, 0.2) is 18.2 Å². The Morgan fingerprint density at radius 3 is 2.61 bits per heavy atom. The van der Waals surface area contributed by atoms with E-state index in [0.29, 0.717) is 5.92 Å². The quantitative estimate of drug-likeness (QED) is 0.623. The highest BCUT2D eigenvalue weighted by molar-refractivity contribution is 5.48. The van der Waals surface area contributed by atoms with Crippen LogP contribution in [0.1, 0.15) is 25.8 Å². The molecule has 0 bridgehead atoms. The predicted molar refractivity (Wildman–Crippen MR) is 70.8 cm³/mol. The van der Waals surface area contributed by atoms with Gasteiger partial charge >= 0.3 is 5.69 Å². The third-order valence-electron chi connectivity index (χ3n) is 3.06. The van der Waals surface area contributed by atoms with Crippen LogP contribution in [0.5, 0.6) is 5.75 Å². The van der Waals surface area contributed by atoms with Gasteiger partial charge in [-0.2, -0.15) is 0 Å². The number of ether oxygens (including phenoxy) is 1. The van der Waals surface area contributed by atoms with Gasteiger partial charge < -0.3 is 10.5 Å². The topological polar surface area (TPSA) is 78.4 Å². The molecule has 100 valence electrons. The van der Waals surface area contributed by atoms with Gasteiger partial charge in [0, 0.05) is 12.1 Å². The zero-order chi connectivity index (χ0) is 13.7. The smallest absolute Gasteiger partial charge is 0.311 e. The molecule has 0 spiro atoms. The van der Waals surface area contributed by atoms with Crippen LogP contribution in [0, 0.1) is 16.0 Å². The molecule has 0 heterocycles. The molecular formula is C13H20N2O3. The second-order valence-corrected chi connectivity index (χ2v) is 4.71. The summed E-state index contributed by atoms with van der Waals surface area (Å²) in [6.45, 7) is 4.14. The van der Waals surface area contributed by atoms with Gasteiger partial charge in [-0.3, -0.25) is 10.1 Å². The van der Waals surface area contributed by atoms with Crippen molar-refractivity contribution in [1.29, 1.82) is 0 Å². The van der Waals surface area contributed by atoms with Crippen molar-refractivity contribution < 1.29 is 9.66 Å². The Morgan fingerprint density at radius 2 is 2.11 bits per heavy atom. The Balaban J connectivity index is 2.79. The van der Waals surface area contributed by atoms with Crippen molar-refractivity contribution in [1.82, 2.24) is 0 Å². The summed E-state index contributed by atoms with van der Waals surface area (Å²) in [6.07, 6.45) is 1.56. The van der Waals surface area contributed by atoms with E-state index in [0.717, 1.165) is 18.4 Å². The van der Waals surface area contributed by atoms with E-state index in [-0.39, 0.29) is 17.5 Å². The Morgan fingerprint density at radius 1 is 1.44 bits per heavy atom. The van der Waals surface area contributed by atoms with Crippen molar-refractivity contribution in [3.05, 3.63) is 33.9 Å². The minimum Gasteiger partial charge on any atom is -0.490 e. The maximum atomic E-state index is 10.9. The molecule has 1 atom stereocenters. The first kappa shape index (κ1) is 14.4. The van der Waals surface area contributed by atoms with Crippen molar-refractivity contribution in [3.8, 4) is 5.75 Å². The number of methoxy groups -OCH3 is 1. The summed E-state index contributed by atoms with van der Waals surface area (Å²) in [6, 6.07) is 5.16. The fraction of sp³-hybridized carbons (Fsp3) is 0.538. The lowest BCUT2D eigenvalue weighted by Gasteiger charge is -2.15. The summed E-state index contributed by atoms with van der Waals surface area (Å²) in [7, 11) is 1.43. The molecule has 0 aliphatic carbocycles. The van der Waals surface area contributed by atoms with E-state index < -0.39 is 4.92 Å². The number of rotatable bonds is 6. The van der Waals surface area contributed by atoms with Gasteiger partial charge in [0.25, 0.3) is 0 Å². The number of aryl methyl sites for hydroxylation is 1. The molecule has 1 rings (SSSR count). The van der Waals surface area contributed by atoms with Gasteiger partial charge in [-0.25, -0.2) is 0 Å². The van der Waals surface area contributed by atoms with Crippen LogP contribution in [0.2, 0.25) is 0 Å². The van der Waals surface area contributed by atoms with Crippen molar-refractivity contribution in [2.75, 3.05) is 7.11 Å². The highest BCUT2D eigenvalue weighted by atomic mass is 16.6. The first-order valence-corrected chi connectivity index (χ1v) is 6.02. The van der Waals surface area contributed by atoms with Gasteiger partial charge in [0.15, 0.2) is 5.75 Å². The van der Waals surface area contributed by atoms with Gasteiger partial charge in [-0.05, 0) is 30.4 Å². The van der Waals surface area contributed by atoms with Gasteiger partial charge in [0.1, 0.15) is 0 Å². The molecule has 0 fully saturated rings. The summed E-state index contributed by atoms with van der Waals surface area (Å²) >= 11 is 0. The van der Waals surface area contributed by atoms with E-state index in [2.05, 4.69) is 13.8 Å². The van der Waals surface area contributed by atoms with E-state index in [1.807, 2.05) is 6.07 Å². The molecule has 0 aliphatic rings. The van der Waals surface area contributed by atoms with Crippen LogP contribution < -0.4 is 10.5 Å². The summed E-state index contributed by atoms with van der Waals surface area (Å²) in [4.78, 5) is 10.5. The minimum atomic E-state index is -0.426. The summed E-state index contributed by atoms with van der Waals surface area (Å²) in [5, 5.41) is 10.9. The SMILES string of the molecule is COc1ccc(CCC(N)C(C)C)cc1[N+](=O)[O-]. The van der Waals surface area contributed by atoms with E-state index in [9.17, 15) is 10.1 Å². The molecule has 1 aromatic rings. The molecule has 18 heavy (non-hydrogen) atoms. The Bertz CT molecular complexity index is 419. The van der Waals surface area contributed by atoms with Gasteiger partial charge in [-0.15, -0.1) is 0 Å². The zero-order valence-electron chi connectivity index (χ0n) is 11.1. The largest absolute Gasteiger partial charge is 0.490 e. The van der Waals surface area contributed by atoms with Crippen LogP contribution in [0.4, 0.5) is 5.69 Å².